The van der Waals surface area contributed by atoms with Gasteiger partial charge in [-0.1, -0.05) is 160 Å². The number of hydrogen-bond donors (Lipinski definition) is 1. The Morgan fingerprint density at radius 1 is 0.575 bits per heavy atom. The number of rotatable bonds is 30. The summed E-state index contributed by atoms with van der Waals surface area (Å²) in [5, 5.41) is 1.72. The van der Waals surface area contributed by atoms with E-state index in [4.69, 9.17) is 15.4 Å². The first-order valence-corrected chi connectivity index (χ1v) is 17.6. The fraction of sp³-hybridized carbons (Fsp3) is 0.833. The second-order valence-electron chi connectivity index (χ2n) is 12.1. The fourth-order valence-corrected chi connectivity index (χ4v) is 5.29. The van der Waals surface area contributed by atoms with E-state index in [9.17, 15) is 0 Å². The molecule has 40 heavy (non-hydrogen) atoms. The highest BCUT2D eigenvalue weighted by Crippen LogP contribution is 2.24. The van der Waals surface area contributed by atoms with Crippen LogP contribution in [-0.2, 0) is 16.1 Å². The molecule has 0 saturated heterocycles. The van der Waals surface area contributed by atoms with E-state index in [0.29, 0.717) is 13.2 Å². The maximum absolute atomic E-state index is 6.24. The highest BCUT2D eigenvalue weighted by molar-refractivity contribution is 5.50. The van der Waals surface area contributed by atoms with E-state index in [1.54, 1.807) is 5.23 Å². The fourth-order valence-electron chi connectivity index (χ4n) is 5.29. The van der Waals surface area contributed by atoms with E-state index in [0.717, 1.165) is 31.4 Å². The summed E-state index contributed by atoms with van der Waals surface area (Å²) in [5.74, 6) is 0. The molecule has 4 heteroatoms. The van der Waals surface area contributed by atoms with Crippen LogP contribution in [0.3, 0.4) is 0 Å². The van der Waals surface area contributed by atoms with Crippen molar-refractivity contribution < 1.29 is 9.68 Å². The van der Waals surface area contributed by atoms with Crippen LogP contribution in [0.4, 0.5) is 5.69 Å². The number of anilines is 1. The molecule has 1 rings (SSSR count). The number of aryl methyl sites for hydroxylation is 1. The van der Waals surface area contributed by atoms with E-state index < -0.39 is 0 Å². The van der Waals surface area contributed by atoms with Crippen LogP contribution in [0.15, 0.2) is 24.3 Å². The number of para-hydroxylation sites is 1. The summed E-state index contributed by atoms with van der Waals surface area (Å²) in [6, 6.07) is 8.68. The van der Waals surface area contributed by atoms with Gasteiger partial charge in [0.25, 0.3) is 0 Å². The number of hydrogen-bond acceptors (Lipinski definition) is 4. The van der Waals surface area contributed by atoms with Gasteiger partial charge in [-0.15, -0.1) is 5.23 Å². The number of unbranched alkanes of at least 4 members (excludes halogenated alkanes) is 20. The summed E-state index contributed by atoms with van der Waals surface area (Å²) in [7, 11) is 0. The lowest BCUT2D eigenvalue weighted by Crippen LogP contribution is -2.26. The summed E-state index contributed by atoms with van der Waals surface area (Å²) in [4.78, 5) is 12.5. The maximum Gasteiger partial charge on any atom is 0.0979 e. The van der Waals surface area contributed by atoms with Gasteiger partial charge in [0.15, 0.2) is 0 Å². The van der Waals surface area contributed by atoms with Crippen molar-refractivity contribution in [1.29, 1.82) is 0 Å². The molecule has 0 bridgehead atoms. The second kappa shape index (κ2) is 28.0. The van der Waals surface area contributed by atoms with Crippen molar-refractivity contribution in [2.75, 3.05) is 18.4 Å². The minimum atomic E-state index is 0.191. The monoisotopic (exact) mass is 561 g/mol. The van der Waals surface area contributed by atoms with Gasteiger partial charge in [-0.3, -0.25) is 0 Å². The highest BCUT2D eigenvalue weighted by atomic mass is 16.9. The van der Waals surface area contributed by atoms with Gasteiger partial charge in [-0.05, 0) is 44.2 Å². The Morgan fingerprint density at radius 3 is 1.35 bits per heavy atom. The van der Waals surface area contributed by atoms with Gasteiger partial charge in [0.1, 0.15) is 0 Å². The van der Waals surface area contributed by atoms with Gasteiger partial charge < -0.3 is 5.73 Å². The molecule has 1 unspecified atom stereocenters. The first-order valence-electron chi connectivity index (χ1n) is 17.6. The molecule has 0 spiro atoms. The standard InChI is InChI=1S/C36H68N2O2/c1-4-6-8-10-12-14-16-17-19-21-23-27-33-40-38(36-29-25-24-28-35(36)31-30-34(3)37)39-32-26-22-20-18-15-13-11-9-7-5-2/h24-25,28-29,34H,4-23,26-27,30-33,37H2,1-3H3. The van der Waals surface area contributed by atoms with Gasteiger partial charge in [0, 0.05) is 6.04 Å². The van der Waals surface area contributed by atoms with Gasteiger partial charge in [0.2, 0.25) is 0 Å². The van der Waals surface area contributed by atoms with Crippen molar-refractivity contribution in [3.63, 3.8) is 0 Å². The van der Waals surface area contributed by atoms with E-state index in [2.05, 4.69) is 45.0 Å². The van der Waals surface area contributed by atoms with Gasteiger partial charge >= 0.3 is 0 Å². The van der Waals surface area contributed by atoms with Crippen LogP contribution in [0.1, 0.15) is 174 Å². The average Bonchev–Trinajstić information content (AvgIpc) is 2.96. The Bertz CT molecular complexity index is 651. The van der Waals surface area contributed by atoms with Crippen molar-refractivity contribution in [2.24, 2.45) is 5.73 Å². The Kier molecular flexibility index (Phi) is 25.9. The molecule has 1 aromatic rings. The number of benzene rings is 1. The van der Waals surface area contributed by atoms with Crippen molar-refractivity contribution in [3.05, 3.63) is 29.8 Å². The molecule has 2 N–H and O–H groups in total. The SMILES string of the molecule is CCCCCCCCCCCCCCON(OCCCCCCCCCCCC)c1ccccc1CCC(C)N. The predicted octanol–water partition coefficient (Wildman–Crippen LogP) is 11.3. The zero-order valence-electron chi connectivity index (χ0n) is 27.1. The molecule has 0 heterocycles. The van der Waals surface area contributed by atoms with Crippen molar-refractivity contribution in [2.45, 2.75) is 181 Å². The molecule has 234 valence electrons. The normalized spacial score (nSPS) is 12.2. The molecule has 0 aromatic heterocycles. The summed E-state index contributed by atoms with van der Waals surface area (Å²) in [6.07, 6.45) is 31.4. The molecule has 1 aromatic carbocycles. The van der Waals surface area contributed by atoms with Crippen LogP contribution in [0.25, 0.3) is 0 Å². The zero-order valence-corrected chi connectivity index (χ0v) is 27.1. The minimum Gasteiger partial charge on any atom is -0.328 e. The number of nitrogens with zero attached hydrogens (tertiary/aromatic N) is 1. The largest absolute Gasteiger partial charge is 0.328 e. The lowest BCUT2D eigenvalue weighted by Gasteiger charge is -2.25. The second-order valence-corrected chi connectivity index (χ2v) is 12.1. The third-order valence-electron chi connectivity index (χ3n) is 7.97. The molecule has 4 nitrogen and oxygen atoms in total. The van der Waals surface area contributed by atoms with Crippen LogP contribution in [0, 0.1) is 0 Å². The molecule has 0 fully saturated rings. The number of nitrogens with two attached hydrogens (primary N) is 1. The maximum atomic E-state index is 6.24. The van der Waals surface area contributed by atoms with Crippen LogP contribution in [-0.4, -0.2) is 19.3 Å². The van der Waals surface area contributed by atoms with Crippen LogP contribution < -0.4 is 11.0 Å². The first kappa shape index (κ1) is 36.9. The third kappa shape index (κ3) is 21.6. The molecular formula is C36H68N2O2. The summed E-state index contributed by atoms with van der Waals surface area (Å²) < 4.78 is 0. The predicted molar refractivity (Wildman–Crippen MR) is 176 cm³/mol. The van der Waals surface area contributed by atoms with E-state index in [1.165, 1.54) is 134 Å². The van der Waals surface area contributed by atoms with Gasteiger partial charge in [0.05, 0.1) is 18.9 Å². The van der Waals surface area contributed by atoms with Gasteiger partial charge in [-0.2, -0.15) is 0 Å². The summed E-state index contributed by atoms with van der Waals surface area (Å²) in [6.45, 7) is 8.06. The van der Waals surface area contributed by atoms with Gasteiger partial charge in [-0.25, -0.2) is 9.68 Å². The van der Waals surface area contributed by atoms with Crippen LogP contribution >= 0.6 is 0 Å². The van der Waals surface area contributed by atoms with E-state index in [1.807, 2.05) is 0 Å². The summed E-state index contributed by atoms with van der Waals surface area (Å²) in [5.41, 5.74) is 8.34. The van der Waals surface area contributed by atoms with Crippen LogP contribution in [0.5, 0.6) is 0 Å². The smallest absolute Gasteiger partial charge is 0.0979 e. The van der Waals surface area contributed by atoms with E-state index in [-0.39, 0.29) is 6.04 Å². The molecule has 0 aliphatic carbocycles. The van der Waals surface area contributed by atoms with E-state index >= 15 is 0 Å². The highest BCUT2D eigenvalue weighted by Gasteiger charge is 2.14. The van der Waals surface area contributed by atoms with Crippen molar-refractivity contribution in [1.82, 2.24) is 0 Å². The third-order valence-corrected chi connectivity index (χ3v) is 7.97. The Morgan fingerprint density at radius 2 is 0.950 bits per heavy atom. The Labute approximate surface area is 250 Å². The minimum absolute atomic E-state index is 0.191. The topological polar surface area (TPSA) is 47.7 Å². The molecular weight excluding hydrogens is 492 g/mol. The Hall–Kier alpha value is -1.10. The first-order chi connectivity index (χ1) is 19.7. The summed E-state index contributed by atoms with van der Waals surface area (Å²) >= 11 is 0. The molecule has 0 amide bonds. The molecule has 0 saturated carbocycles. The molecule has 1 atom stereocenters. The molecule has 0 aliphatic rings. The van der Waals surface area contributed by atoms with Crippen molar-refractivity contribution >= 4 is 5.69 Å². The molecule has 0 radical (unpaired) electrons. The lowest BCUT2D eigenvalue weighted by atomic mass is 10.0. The van der Waals surface area contributed by atoms with Crippen molar-refractivity contribution in [3.8, 4) is 0 Å². The van der Waals surface area contributed by atoms with Crippen LogP contribution in [0.2, 0.25) is 0 Å². The Balaban J connectivity index is 2.32. The quantitative estimate of drug-likeness (QED) is 0.0750. The average molecular weight is 561 g/mol. The zero-order chi connectivity index (χ0) is 28.9. The molecule has 0 aliphatic heterocycles. The lowest BCUT2D eigenvalue weighted by molar-refractivity contribution is -0.0917.